The summed E-state index contributed by atoms with van der Waals surface area (Å²) in [5, 5.41) is 10.6. The van der Waals surface area contributed by atoms with Crippen molar-refractivity contribution in [2.75, 3.05) is 108 Å². The predicted molar refractivity (Wildman–Crippen MR) is 283 cm³/mol. The van der Waals surface area contributed by atoms with E-state index in [1.165, 1.54) is 41.5 Å². The Morgan fingerprint density at radius 1 is 0.731 bits per heavy atom. The van der Waals surface area contributed by atoms with Crippen LogP contribution in [-0.4, -0.2) is 167 Å². The Labute approximate surface area is 453 Å². The zero-order valence-corrected chi connectivity index (χ0v) is 44.6. The van der Waals surface area contributed by atoms with Gasteiger partial charge in [-0.3, -0.25) is 34.3 Å². The highest BCUT2D eigenvalue weighted by molar-refractivity contribution is 6.10. The lowest BCUT2D eigenvalue weighted by atomic mass is 9.75. The zero-order chi connectivity index (χ0) is 53.9. The third-order valence-electron chi connectivity index (χ3n) is 18.6. The van der Waals surface area contributed by atoms with Crippen LogP contribution in [0.3, 0.4) is 0 Å². The maximum Gasteiger partial charge on any atom is 0.416 e. The van der Waals surface area contributed by atoms with Crippen LogP contribution in [0.4, 0.5) is 28.9 Å². The van der Waals surface area contributed by atoms with Gasteiger partial charge in [-0.2, -0.15) is 13.2 Å². The maximum absolute atomic E-state index is 16.0. The average Bonchev–Trinajstić information content (AvgIpc) is 4.23. The van der Waals surface area contributed by atoms with Gasteiger partial charge in [0.1, 0.15) is 18.2 Å². The molecule has 0 aliphatic carbocycles. The number of carbonyl (C=O) groups is 4. The van der Waals surface area contributed by atoms with Crippen molar-refractivity contribution in [1.29, 1.82) is 0 Å². The van der Waals surface area contributed by atoms with Crippen molar-refractivity contribution in [2.24, 2.45) is 24.8 Å². The molecule has 20 heteroatoms. The molecule has 12 rings (SSSR count). The van der Waals surface area contributed by atoms with Crippen LogP contribution in [0.2, 0.25) is 0 Å². The highest BCUT2D eigenvalue weighted by atomic mass is 19.4. The van der Waals surface area contributed by atoms with Crippen LogP contribution in [0.1, 0.15) is 106 Å². The average molecular weight is 1080 g/mol. The van der Waals surface area contributed by atoms with Crippen molar-refractivity contribution >= 4 is 35.0 Å². The minimum absolute atomic E-state index is 0.0241. The molecule has 6 fully saturated rings. The predicted octanol–water partition coefficient (Wildman–Crippen LogP) is 5.86. The lowest BCUT2D eigenvalue weighted by molar-refractivity contribution is -0.138. The minimum atomic E-state index is -4.61. The topological polar surface area (TPSA) is 143 Å². The second-order valence-electron chi connectivity index (χ2n) is 23.8. The summed E-state index contributed by atoms with van der Waals surface area (Å²) in [4.78, 5) is 66.5. The van der Waals surface area contributed by atoms with Crippen LogP contribution in [0.5, 0.6) is 0 Å². The first-order chi connectivity index (χ1) is 37.6. The number of hydrogen-bond acceptors (Lipinski definition) is 12. The number of carbonyl (C=O) groups excluding carboxylic acids is 4. The second kappa shape index (κ2) is 21.7. The molecule has 0 spiro atoms. The first-order valence-electron chi connectivity index (χ1n) is 28.3. The molecule has 4 aromatic rings. The smallest absolute Gasteiger partial charge is 0.379 e. The van der Waals surface area contributed by atoms with E-state index >= 15 is 4.39 Å². The summed E-state index contributed by atoms with van der Waals surface area (Å²) in [7, 11) is 1.89. The number of hydrogen-bond donors (Lipinski definition) is 1. The number of aromatic nitrogens is 3. The van der Waals surface area contributed by atoms with E-state index in [2.05, 4.69) is 40.0 Å². The molecule has 4 amide bonds. The fraction of sp³-hybridized carbons (Fsp3) is 0.586. The number of nitrogens with one attached hydrogen (secondary N) is 1. The van der Waals surface area contributed by atoms with E-state index in [1.54, 1.807) is 30.6 Å². The van der Waals surface area contributed by atoms with Crippen molar-refractivity contribution < 1.29 is 41.5 Å². The summed E-state index contributed by atoms with van der Waals surface area (Å²) in [5.41, 5.74) is 2.24. The molecular weight excluding hydrogens is 1010 g/mol. The molecule has 8 aliphatic rings. The Hall–Kier alpha value is -5.80. The van der Waals surface area contributed by atoms with Crippen LogP contribution >= 0.6 is 0 Å². The number of anilines is 2. The molecule has 1 unspecified atom stereocenters. The molecule has 1 aromatic heterocycles. The molecule has 8 aliphatic heterocycles. The third-order valence-corrected chi connectivity index (χ3v) is 18.6. The van der Waals surface area contributed by atoms with E-state index in [9.17, 15) is 32.3 Å². The molecule has 9 heterocycles. The largest absolute Gasteiger partial charge is 0.416 e. The molecule has 3 aromatic carbocycles. The Morgan fingerprint density at radius 2 is 1.44 bits per heavy atom. The summed E-state index contributed by atoms with van der Waals surface area (Å²) in [5.74, 6) is 0.512. The number of aryl methyl sites for hydroxylation is 1. The summed E-state index contributed by atoms with van der Waals surface area (Å²) in [6.07, 6.45) is 4.80. The van der Waals surface area contributed by atoms with Crippen LogP contribution < -0.4 is 15.1 Å². The van der Waals surface area contributed by atoms with Crippen molar-refractivity contribution in [3.63, 3.8) is 0 Å². The SMILES string of the molecule is Cn1cnnc1CC1(c2cccc(N3Cc4c(cc(CN5CCC[C@H](CN6CCC(CN7CCC(CN8CCN(c9ccc%10c(c9F)CN(C9CCC(=O)NC9=O)C%10=O)CC8)CC7)CC6)C5)cc4C(F)(F)F)C3=O)c2)COC1. The fourth-order valence-corrected chi connectivity index (χ4v) is 14.0. The van der Waals surface area contributed by atoms with Gasteiger partial charge in [0.15, 0.2) is 5.82 Å². The number of likely N-dealkylation sites (tertiary alicyclic amines) is 3. The van der Waals surface area contributed by atoms with Crippen molar-refractivity contribution in [2.45, 2.75) is 95.1 Å². The summed E-state index contributed by atoms with van der Waals surface area (Å²) >= 11 is 0. The number of benzene rings is 3. The van der Waals surface area contributed by atoms with Gasteiger partial charge in [-0.15, -0.1) is 10.2 Å². The van der Waals surface area contributed by atoms with E-state index in [0.717, 1.165) is 96.2 Å². The van der Waals surface area contributed by atoms with Gasteiger partial charge < -0.3 is 33.8 Å². The fourth-order valence-electron chi connectivity index (χ4n) is 14.0. The van der Waals surface area contributed by atoms with Crippen LogP contribution in [0, 0.1) is 23.6 Å². The Morgan fingerprint density at radius 3 is 2.09 bits per heavy atom. The van der Waals surface area contributed by atoms with Crippen molar-refractivity contribution in [3.8, 4) is 0 Å². The maximum atomic E-state index is 16.0. The second-order valence-corrected chi connectivity index (χ2v) is 23.8. The van der Waals surface area contributed by atoms with Gasteiger partial charge in [0, 0.05) is 107 Å². The summed E-state index contributed by atoms with van der Waals surface area (Å²) < 4.78 is 68.2. The first-order valence-corrected chi connectivity index (χ1v) is 28.3. The molecule has 16 nitrogen and oxygen atoms in total. The van der Waals surface area contributed by atoms with Crippen LogP contribution in [0.15, 0.2) is 54.9 Å². The monoisotopic (exact) mass is 1080 g/mol. The lowest BCUT2D eigenvalue weighted by Crippen LogP contribution is -2.52. The molecular formula is C58H71F4N11O5. The number of alkyl halides is 3. The molecule has 78 heavy (non-hydrogen) atoms. The van der Waals surface area contributed by atoms with Gasteiger partial charge in [-0.25, -0.2) is 4.39 Å². The number of amides is 4. The number of halogens is 4. The van der Waals surface area contributed by atoms with E-state index < -0.39 is 35.4 Å². The van der Waals surface area contributed by atoms with Gasteiger partial charge >= 0.3 is 6.18 Å². The number of piperidine rings is 4. The van der Waals surface area contributed by atoms with Crippen LogP contribution in [-0.2, 0) is 59.0 Å². The standard InChI is InChI=1S/C58H71F4N11O5/c1-66-37-63-65-51(66)27-57(35-78-36-57)42-5-2-6-43(26-42)72-33-46-45(56(72)77)24-41(25-48(46)58(60,61)62)32-70-15-3-4-40(31-70)30-68-18-13-38(14-19-68)28-67-16-11-39(12-17-67)29-69-20-22-71(23-21-69)49-8-7-44-47(53(49)59)34-73(55(44)76)50-9-10-52(74)64-54(50)75/h2,5-8,24-26,37-40,50H,3-4,9-23,27-36H2,1H3,(H,64,74,75)/t40-,50?/m1/s1. The molecule has 6 saturated heterocycles. The van der Waals surface area contributed by atoms with Gasteiger partial charge in [-0.05, 0) is 149 Å². The number of rotatable bonds is 14. The van der Waals surface area contributed by atoms with Gasteiger partial charge in [-0.1, -0.05) is 12.1 Å². The molecule has 2 atom stereocenters. The normalized spacial score (nSPS) is 24.2. The van der Waals surface area contributed by atoms with Gasteiger partial charge in [0.2, 0.25) is 11.8 Å². The Bertz CT molecular complexity index is 2920. The third kappa shape index (κ3) is 10.7. The van der Waals surface area contributed by atoms with Crippen molar-refractivity contribution in [3.05, 3.63) is 105 Å². The highest BCUT2D eigenvalue weighted by Crippen LogP contribution is 2.43. The molecule has 1 N–H and O–H groups in total. The first kappa shape index (κ1) is 52.9. The minimum Gasteiger partial charge on any atom is -0.379 e. The summed E-state index contributed by atoms with van der Waals surface area (Å²) in [6.45, 7) is 13.4. The number of fused-ring (bicyclic) bond motifs is 2. The van der Waals surface area contributed by atoms with Crippen LogP contribution in [0.25, 0.3) is 0 Å². The molecule has 0 saturated carbocycles. The Kier molecular flexibility index (Phi) is 14.7. The zero-order valence-electron chi connectivity index (χ0n) is 44.6. The van der Waals surface area contributed by atoms with E-state index in [1.807, 2.05) is 29.8 Å². The lowest BCUT2D eigenvalue weighted by Gasteiger charge is -2.42. The Balaban J connectivity index is 0.579. The van der Waals surface area contributed by atoms with Gasteiger partial charge in [0.25, 0.3) is 11.8 Å². The van der Waals surface area contributed by atoms with Gasteiger partial charge in [0.05, 0.1) is 37.6 Å². The van der Waals surface area contributed by atoms with E-state index in [4.69, 9.17) is 4.74 Å². The quantitative estimate of drug-likeness (QED) is 0.119. The molecule has 0 bridgehead atoms. The molecule has 0 radical (unpaired) electrons. The number of piperazine rings is 1. The number of imide groups is 1. The highest BCUT2D eigenvalue weighted by Gasteiger charge is 2.45. The van der Waals surface area contributed by atoms with Crippen molar-refractivity contribution in [1.82, 2.24) is 44.6 Å². The summed E-state index contributed by atoms with van der Waals surface area (Å²) in [6, 6.07) is 13.2. The number of ether oxygens (including phenoxy) is 1. The molecule has 416 valence electrons. The van der Waals surface area contributed by atoms with E-state index in [0.29, 0.717) is 85.1 Å². The van der Waals surface area contributed by atoms with E-state index in [-0.39, 0.29) is 54.3 Å². The number of nitrogens with zero attached hydrogens (tertiary/aromatic N) is 10.